The zero-order chi connectivity index (χ0) is 16.2. The third-order valence-corrected chi connectivity index (χ3v) is 3.37. The molecule has 0 saturated heterocycles. The zero-order valence-corrected chi connectivity index (χ0v) is 12.6. The standard InChI is InChI=1S/C16H16N4O3/c1-23-16(22)10-3-2-4-12(7-10)19-14-8-13(17-9-18-14)15(21)20-11-5-6-11/h2-4,7-9,11H,5-6H2,1H3,(H,20,21)(H,17,18,19). The molecule has 0 radical (unpaired) electrons. The summed E-state index contributed by atoms with van der Waals surface area (Å²) >= 11 is 0. The first kappa shape index (κ1) is 15.0. The second-order valence-electron chi connectivity index (χ2n) is 5.23. The molecule has 1 aliphatic carbocycles. The minimum Gasteiger partial charge on any atom is -0.465 e. The molecule has 0 bridgehead atoms. The van der Waals surface area contributed by atoms with Crippen molar-refractivity contribution in [1.29, 1.82) is 0 Å². The number of nitrogens with zero attached hydrogens (tertiary/aromatic N) is 2. The number of rotatable bonds is 5. The van der Waals surface area contributed by atoms with Crippen molar-refractivity contribution in [3.05, 3.63) is 47.9 Å². The molecule has 23 heavy (non-hydrogen) atoms. The van der Waals surface area contributed by atoms with Gasteiger partial charge in [0.25, 0.3) is 5.91 Å². The SMILES string of the molecule is COC(=O)c1cccc(Nc2cc(C(=O)NC3CC3)ncn2)c1. The fraction of sp³-hybridized carbons (Fsp3) is 0.250. The molecule has 0 spiro atoms. The predicted octanol–water partition coefficient (Wildman–Crippen LogP) is 1.90. The Hall–Kier alpha value is -2.96. The Morgan fingerprint density at radius 1 is 1.22 bits per heavy atom. The molecule has 0 aliphatic heterocycles. The van der Waals surface area contributed by atoms with Crippen molar-refractivity contribution in [1.82, 2.24) is 15.3 Å². The topological polar surface area (TPSA) is 93.2 Å². The molecule has 1 heterocycles. The van der Waals surface area contributed by atoms with Gasteiger partial charge in [0.1, 0.15) is 17.8 Å². The lowest BCUT2D eigenvalue weighted by atomic mass is 10.2. The Morgan fingerprint density at radius 2 is 2.04 bits per heavy atom. The minimum atomic E-state index is -0.416. The van der Waals surface area contributed by atoms with Gasteiger partial charge in [-0.15, -0.1) is 0 Å². The molecular formula is C16H16N4O3. The fourth-order valence-corrected chi connectivity index (χ4v) is 2.03. The van der Waals surface area contributed by atoms with Crippen LogP contribution in [-0.2, 0) is 4.74 Å². The van der Waals surface area contributed by atoms with Gasteiger partial charge in [0, 0.05) is 17.8 Å². The molecule has 1 fully saturated rings. The summed E-state index contributed by atoms with van der Waals surface area (Å²) in [5.41, 5.74) is 1.40. The molecule has 2 aromatic rings. The molecule has 1 aromatic carbocycles. The van der Waals surface area contributed by atoms with Gasteiger partial charge in [-0.3, -0.25) is 4.79 Å². The van der Waals surface area contributed by atoms with Gasteiger partial charge in [0.05, 0.1) is 12.7 Å². The highest BCUT2D eigenvalue weighted by Gasteiger charge is 2.24. The smallest absolute Gasteiger partial charge is 0.337 e. The molecule has 7 heteroatoms. The fourth-order valence-electron chi connectivity index (χ4n) is 2.03. The Labute approximate surface area is 133 Å². The molecule has 1 aliphatic rings. The zero-order valence-electron chi connectivity index (χ0n) is 12.6. The number of aromatic nitrogens is 2. The first-order chi connectivity index (χ1) is 11.2. The van der Waals surface area contributed by atoms with E-state index in [-0.39, 0.29) is 11.9 Å². The number of benzene rings is 1. The van der Waals surface area contributed by atoms with Gasteiger partial charge < -0.3 is 15.4 Å². The first-order valence-corrected chi connectivity index (χ1v) is 7.24. The van der Waals surface area contributed by atoms with Crippen molar-refractivity contribution in [3.8, 4) is 0 Å². The number of ether oxygens (including phenoxy) is 1. The van der Waals surface area contributed by atoms with Gasteiger partial charge in [-0.25, -0.2) is 14.8 Å². The summed E-state index contributed by atoms with van der Waals surface area (Å²) in [6.45, 7) is 0. The van der Waals surface area contributed by atoms with E-state index >= 15 is 0 Å². The van der Waals surface area contributed by atoms with Crippen molar-refractivity contribution < 1.29 is 14.3 Å². The summed E-state index contributed by atoms with van der Waals surface area (Å²) < 4.78 is 4.69. The maximum Gasteiger partial charge on any atom is 0.337 e. The van der Waals surface area contributed by atoms with E-state index in [9.17, 15) is 9.59 Å². The number of hydrogen-bond acceptors (Lipinski definition) is 6. The summed E-state index contributed by atoms with van der Waals surface area (Å²) in [7, 11) is 1.33. The normalized spacial score (nSPS) is 13.3. The highest BCUT2D eigenvalue weighted by molar-refractivity contribution is 5.93. The van der Waals surface area contributed by atoms with E-state index in [4.69, 9.17) is 0 Å². The average Bonchev–Trinajstić information content (AvgIpc) is 3.38. The Morgan fingerprint density at radius 3 is 2.78 bits per heavy atom. The van der Waals surface area contributed by atoms with Crippen LogP contribution in [-0.4, -0.2) is 35.0 Å². The lowest BCUT2D eigenvalue weighted by Gasteiger charge is -2.08. The summed E-state index contributed by atoms with van der Waals surface area (Å²) in [5.74, 6) is -0.148. The molecule has 3 rings (SSSR count). The van der Waals surface area contributed by atoms with Crippen LogP contribution in [0.1, 0.15) is 33.7 Å². The molecule has 0 unspecified atom stereocenters. The molecular weight excluding hydrogens is 296 g/mol. The van der Waals surface area contributed by atoms with E-state index in [1.165, 1.54) is 13.4 Å². The van der Waals surface area contributed by atoms with Gasteiger partial charge in [-0.2, -0.15) is 0 Å². The van der Waals surface area contributed by atoms with E-state index in [2.05, 4.69) is 25.3 Å². The van der Waals surface area contributed by atoms with Crippen LogP contribution in [0.5, 0.6) is 0 Å². The van der Waals surface area contributed by atoms with Crippen LogP contribution in [0.2, 0.25) is 0 Å². The molecule has 7 nitrogen and oxygen atoms in total. The van der Waals surface area contributed by atoms with Crippen LogP contribution in [0.3, 0.4) is 0 Å². The number of anilines is 2. The number of esters is 1. The van der Waals surface area contributed by atoms with Crippen LogP contribution in [0, 0.1) is 0 Å². The van der Waals surface area contributed by atoms with Crippen LogP contribution in [0.25, 0.3) is 0 Å². The number of amides is 1. The van der Waals surface area contributed by atoms with Crippen LogP contribution < -0.4 is 10.6 Å². The molecule has 0 atom stereocenters. The summed E-state index contributed by atoms with van der Waals surface area (Å²) in [4.78, 5) is 31.6. The van der Waals surface area contributed by atoms with Gasteiger partial charge in [-0.05, 0) is 31.0 Å². The largest absolute Gasteiger partial charge is 0.465 e. The lowest BCUT2D eigenvalue weighted by molar-refractivity contribution is 0.0600. The lowest BCUT2D eigenvalue weighted by Crippen LogP contribution is -2.26. The Balaban J connectivity index is 1.74. The Kier molecular flexibility index (Phi) is 4.18. The molecule has 2 N–H and O–H groups in total. The van der Waals surface area contributed by atoms with Crippen molar-refractivity contribution in [2.75, 3.05) is 12.4 Å². The van der Waals surface area contributed by atoms with E-state index in [1.54, 1.807) is 30.3 Å². The highest BCUT2D eigenvalue weighted by Crippen LogP contribution is 2.20. The quantitative estimate of drug-likeness (QED) is 0.819. The van der Waals surface area contributed by atoms with Crippen LogP contribution >= 0.6 is 0 Å². The second-order valence-corrected chi connectivity index (χ2v) is 5.23. The maximum atomic E-state index is 12.0. The highest BCUT2D eigenvalue weighted by atomic mass is 16.5. The van der Waals surface area contributed by atoms with Crippen molar-refractivity contribution >= 4 is 23.4 Å². The minimum absolute atomic E-state index is 0.207. The van der Waals surface area contributed by atoms with E-state index < -0.39 is 5.97 Å². The third kappa shape index (κ3) is 3.82. The summed E-state index contributed by atoms with van der Waals surface area (Å²) in [6.07, 6.45) is 3.36. The third-order valence-electron chi connectivity index (χ3n) is 3.37. The van der Waals surface area contributed by atoms with Gasteiger partial charge in [-0.1, -0.05) is 6.07 Å². The van der Waals surface area contributed by atoms with Gasteiger partial charge in [0.15, 0.2) is 0 Å². The molecule has 118 valence electrons. The van der Waals surface area contributed by atoms with E-state index in [0.29, 0.717) is 22.8 Å². The van der Waals surface area contributed by atoms with Crippen molar-refractivity contribution in [3.63, 3.8) is 0 Å². The van der Waals surface area contributed by atoms with Crippen molar-refractivity contribution in [2.45, 2.75) is 18.9 Å². The number of nitrogens with one attached hydrogen (secondary N) is 2. The maximum absolute atomic E-state index is 12.0. The number of hydrogen-bond donors (Lipinski definition) is 2. The Bertz CT molecular complexity index is 744. The van der Waals surface area contributed by atoms with Gasteiger partial charge in [0.2, 0.25) is 0 Å². The van der Waals surface area contributed by atoms with Crippen molar-refractivity contribution in [2.24, 2.45) is 0 Å². The summed E-state index contributed by atoms with van der Waals surface area (Å²) in [6, 6.07) is 8.67. The van der Waals surface area contributed by atoms with Crippen LogP contribution in [0.4, 0.5) is 11.5 Å². The molecule has 1 amide bonds. The number of carbonyl (C=O) groups excluding carboxylic acids is 2. The number of methoxy groups -OCH3 is 1. The molecule has 1 aromatic heterocycles. The monoisotopic (exact) mass is 312 g/mol. The van der Waals surface area contributed by atoms with E-state index in [0.717, 1.165) is 12.8 Å². The van der Waals surface area contributed by atoms with Crippen LogP contribution in [0.15, 0.2) is 36.7 Å². The summed E-state index contributed by atoms with van der Waals surface area (Å²) in [5, 5.41) is 5.92. The molecule has 1 saturated carbocycles. The van der Waals surface area contributed by atoms with E-state index in [1.807, 2.05) is 0 Å². The first-order valence-electron chi connectivity index (χ1n) is 7.24. The number of carbonyl (C=O) groups is 2. The second kappa shape index (κ2) is 6.43. The predicted molar refractivity (Wildman–Crippen MR) is 83.6 cm³/mol. The van der Waals surface area contributed by atoms with Gasteiger partial charge >= 0.3 is 5.97 Å². The average molecular weight is 312 g/mol.